The van der Waals surface area contributed by atoms with Gasteiger partial charge in [0.05, 0.1) is 5.92 Å². The molecular formula is C13H13FN2O3. The van der Waals surface area contributed by atoms with Gasteiger partial charge in [0.15, 0.2) is 11.4 Å². The Bertz CT molecular complexity index is 625. The van der Waals surface area contributed by atoms with Crippen LogP contribution in [0.25, 0.3) is 11.1 Å². The number of carboxylic acids is 1. The van der Waals surface area contributed by atoms with E-state index < -0.39 is 17.7 Å². The Hall–Kier alpha value is -2.11. The highest BCUT2D eigenvalue weighted by Crippen LogP contribution is 2.27. The first-order chi connectivity index (χ1) is 9.15. The molecule has 0 aliphatic carbocycles. The number of fused-ring (bicyclic) bond motifs is 1. The smallest absolute Gasteiger partial charge is 0.308 e. The molecule has 100 valence electrons. The van der Waals surface area contributed by atoms with E-state index in [1.165, 1.54) is 6.07 Å². The molecule has 1 aromatic carbocycles. The molecule has 0 spiro atoms. The van der Waals surface area contributed by atoms with Crippen molar-refractivity contribution in [3.8, 4) is 0 Å². The van der Waals surface area contributed by atoms with Gasteiger partial charge in [-0.05, 0) is 25.0 Å². The predicted molar refractivity (Wildman–Crippen MR) is 66.5 cm³/mol. The summed E-state index contributed by atoms with van der Waals surface area (Å²) in [6, 6.07) is 4.83. The maximum absolute atomic E-state index is 13.5. The first kappa shape index (κ1) is 12.0. The highest BCUT2D eigenvalue weighted by atomic mass is 19.1. The molecule has 0 bridgehead atoms. The van der Waals surface area contributed by atoms with Crippen LogP contribution in [-0.4, -0.2) is 29.1 Å². The maximum Gasteiger partial charge on any atom is 0.308 e. The first-order valence-electron chi connectivity index (χ1n) is 6.18. The van der Waals surface area contributed by atoms with E-state index in [2.05, 4.69) is 4.98 Å². The number of hydrogen-bond donors (Lipinski definition) is 1. The van der Waals surface area contributed by atoms with E-state index in [9.17, 15) is 9.18 Å². The molecule has 2 heterocycles. The van der Waals surface area contributed by atoms with Crippen LogP contribution in [-0.2, 0) is 4.79 Å². The Morgan fingerprint density at radius 3 is 3.11 bits per heavy atom. The molecule has 1 aliphatic rings. The van der Waals surface area contributed by atoms with Crippen molar-refractivity contribution in [1.82, 2.24) is 4.98 Å². The topological polar surface area (TPSA) is 66.6 Å². The number of anilines is 1. The van der Waals surface area contributed by atoms with E-state index in [-0.39, 0.29) is 5.52 Å². The third kappa shape index (κ3) is 2.14. The van der Waals surface area contributed by atoms with Gasteiger partial charge in [0.1, 0.15) is 5.52 Å². The zero-order valence-corrected chi connectivity index (χ0v) is 10.2. The van der Waals surface area contributed by atoms with Crippen LogP contribution in [0.4, 0.5) is 10.4 Å². The summed E-state index contributed by atoms with van der Waals surface area (Å²) < 4.78 is 19.0. The van der Waals surface area contributed by atoms with Crippen molar-refractivity contribution < 1.29 is 18.7 Å². The number of benzene rings is 1. The zero-order valence-electron chi connectivity index (χ0n) is 10.2. The second-order valence-electron chi connectivity index (χ2n) is 4.71. The first-order valence-corrected chi connectivity index (χ1v) is 6.18. The Morgan fingerprint density at radius 1 is 1.53 bits per heavy atom. The summed E-state index contributed by atoms with van der Waals surface area (Å²) in [5, 5.41) is 9.05. The maximum atomic E-state index is 13.5. The summed E-state index contributed by atoms with van der Waals surface area (Å²) in [5.41, 5.74) is 0.572. The lowest BCUT2D eigenvalue weighted by atomic mass is 9.99. The van der Waals surface area contributed by atoms with Gasteiger partial charge >= 0.3 is 5.97 Å². The highest BCUT2D eigenvalue weighted by molar-refractivity contribution is 5.75. The normalized spacial score (nSPS) is 19.8. The molecule has 0 saturated carbocycles. The fraction of sp³-hybridized carbons (Fsp3) is 0.385. The molecule has 0 amide bonds. The largest absolute Gasteiger partial charge is 0.481 e. The summed E-state index contributed by atoms with van der Waals surface area (Å²) in [4.78, 5) is 16.9. The molecule has 1 fully saturated rings. The van der Waals surface area contributed by atoms with Gasteiger partial charge in [0.25, 0.3) is 6.01 Å². The highest BCUT2D eigenvalue weighted by Gasteiger charge is 2.28. The number of hydrogen-bond acceptors (Lipinski definition) is 4. The fourth-order valence-electron chi connectivity index (χ4n) is 2.39. The van der Waals surface area contributed by atoms with E-state index in [0.29, 0.717) is 31.1 Å². The van der Waals surface area contributed by atoms with Crippen LogP contribution in [0.15, 0.2) is 22.6 Å². The van der Waals surface area contributed by atoms with E-state index in [4.69, 9.17) is 9.52 Å². The Balaban J connectivity index is 1.91. The van der Waals surface area contributed by atoms with E-state index in [1.807, 2.05) is 0 Å². The van der Waals surface area contributed by atoms with Crippen LogP contribution >= 0.6 is 0 Å². The number of para-hydroxylation sites is 1. The quantitative estimate of drug-likeness (QED) is 0.901. The summed E-state index contributed by atoms with van der Waals surface area (Å²) >= 11 is 0. The predicted octanol–water partition coefficient (Wildman–Crippen LogP) is 2.27. The number of oxazole rings is 1. The second-order valence-corrected chi connectivity index (χ2v) is 4.71. The molecular weight excluding hydrogens is 251 g/mol. The van der Waals surface area contributed by atoms with Crippen molar-refractivity contribution in [3.63, 3.8) is 0 Å². The van der Waals surface area contributed by atoms with Gasteiger partial charge in [-0.2, -0.15) is 4.98 Å². The summed E-state index contributed by atoms with van der Waals surface area (Å²) in [6.07, 6.45) is 1.42. The van der Waals surface area contributed by atoms with Gasteiger partial charge < -0.3 is 14.4 Å². The minimum Gasteiger partial charge on any atom is -0.481 e. The van der Waals surface area contributed by atoms with Gasteiger partial charge in [-0.15, -0.1) is 0 Å². The molecule has 1 saturated heterocycles. The van der Waals surface area contributed by atoms with Crippen LogP contribution in [0.2, 0.25) is 0 Å². The lowest BCUT2D eigenvalue weighted by molar-refractivity contribution is -0.141. The third-order valence-corrected chi connectivity index (χ3v) is 3.40. The van der Waals surface area contributed by atoms with Gasteiger partial charge in [0.2, 0.25) is 0 Å². The van der Waals surface area contributed by atoms with Crippen LogP contribution < -0.4 is 4.90 Å². The zero-order chi connectivity index (χ0) is 13.4. The van der Waals surface area contributed by atoms with E-state index >= 15 is 0 Å². The number of aliphatic carboxylic acids is 1. The lowest BCUT2D eigenvalue weighted by Crippen LogP contribution is -2.38. The van der Waals surface area contributed by atoms with Gasteiger partial charge in [0, 0.05) is 13.1 Å². The van der Waals surface area contributed by atoms with Crippen LogP contribution in [0.3, 0.4) is 0 Å². The number of carbonyl (C=O) groups is 1. The SMILES string of the molecule is O=C(O)C1CCCN(c2nc3c(F)cccc3o2)C1. The molecule has 6 heteroatoms. The molecule has 1 N–H and O–H groups in total. The minimum absolute atomic E-state index is 0.190. The second kappa shape index (κ2) is 4.53. The van der Waals surface area contributed by atoms with Crippen molar-refractivity contribution in [2.45, 2.75) is 12.8 Å². The molecule has 19 heavy (non-hydrogen) atoms. The molecule has 1 atom stereocenters. The molecule has 1 aromatic heterocycles. The van der Waals surface area contributed by atoms with Gasteiger partial charge in [-0.1, -0.05) is 6.07 Å². The van der Waals surface area contributed by atoms with E-state index in [1.54, 1.807) is 17.0 Å². The molecule has 0 radical (unpaired) electrons. The van der Waals surface area contributed by atoms with Crippen molar-refractivity contribution in [3.05, 3.63) is 24.0 Å². The van der Waals surface area contributed by atoms with Crippen molar-refractivity contribution in [1.29, 1.82) is 0 Å². The summed E-state index contributed by atoms with van der Waals surface area (Å²) in [7, 11) is 0. The van der Waals surface area contributed by atoms with Crippen molar-refractivity contribution >= 4 is 23.1 Å². The van der Waals surface area contributed by atoms with E-state index in [0.717, 1.165) is 6.42 Å². The fourth-order valence-corrected chi connectivity index (χ4v) is 2.39. The molecule has 3 rings (SSSR count). The molecule has 1 aliphatic heterocycles. The Labute approximate surface area is 108 Å². The van der Waals surface area contributed by atoms with Crippen molar-refractivity contribution in [2.24, 2.45) is 5.92 Å². The number of halogens is 1. The van der Waals surface area contributed by atoms with Gasteiger partial charge in [-0.25, -0.2) is 4.39 Å². The standard InChI is InChI=1S/C13H13FN2O3/c14-9-4-1-5-10-11(9)15-13(19-10)16-6-2-3-8(7-16)12(17)18/h1,4-5,8H,2-3,6-7H2,(H,17,18). The number of piperidine rings is 1. The molecule has 2 aromatic rings. The lowest BCUT2D eigenvalue weighted by Gasteiger charge is -2.29. The summed E-state index contributed by atoms with van der Waals surface area (Å²) in [5.74, 6) is -1.67. The van der Waals surface area contributed by atoms with Crippen molar-refractivity contribution in [2.75, 3.05) is 18.0 Å². The van der Waals surface area contributed by atoms with Crippen LogP contribution in [0.1, 0.15) is 12.8 Å². The molecule has 1 unspecified atom stereocenters. The van der Waals surface area contributed by atoms with Gasteiger partial charge in [-0.3, -0.25) is 4.79 Å². The number of nitrogens with zero attached hydrogens (tertiary/aromatic N) is 2. The third-order valence-electron chi connectivity index (χ3n) is 3.40. The average molecular weight is 264 g/mol. The number of rotatable bonds is 2. The summed E-state index contributed by atoms with van der Waals surface area (Å²) in [6.45, 7) is 1.03. The number of aromatic nitrogens is 1. The van der Waals surface area contributed by atoms with Crippen LogP contribution in [0.5, 0.6) is 0 Å². The minimum atomic E-state index is -0.813. The number of carboxylic acid groups (broad SMARTS) is 1. The Morgan fingerprint density at radius 2 is 2.37 bits per heavy atom. The monoisotopic (exact) mass is 264 g/mol. The Kier molecular flexibility index (Phi) is 2.85. The molecule has 5 nitrogen and oxygen atoms in total. The average Bonchev–Trinajstić information content (AvgIpc) is 2.84. The van der Waals surface area contributed by atoms with Crippen LogP contribution in [0, 0.1) is 11.7 Å².